The van der Waals surface area contributed by atoms with E-state index in [4.69, 9.17) is 9.47 Å². The molecule has 0 spiro atoms. The third-order valence-corrected chi connectivity index (χ3v) is 8.30. The Morgan fingerprint density at radius 2 is 1.46 bits per heavy atom. The van der Waals surface area contributed by atoms with Crippen LogP contribution < -0.4 is 9.47 Å². The molecule has 3 heteroatoms. The molecule has 1 aliphatic rings. The van der Waals surface area contributed by atoms with Crippen LogP contribution in [0, 0.1) is 17.8 Å². The van der Waals surface area contributed by atoms with Gasteiger partial charge in [-0.1, -0.05) is 97.1 Å². The Labute approximate surface area is 226 Å². The van der Waals surface area contributed by atoms with E-state index in [1.807, 2.05) is 24.3 Å². The Kier molecular flexibility index (Phi) is 13.1. The smallest absolute Gasteiger partial charge is 0.343 e. The summed E-state index contributed by atoms with van der Waals surface area (Å²) in [6, 6.07) is 15.3. The fourth-order valence-electron chi connectivity index (χ4n) is 5.43. The number of unbranched alkanes of at least 4 members (excludes halogenated alkanes) is 3. The van der Waals surface area contributed by atoms with Crippen molar-refractivity contribution in [3.05, 3.63) is 59.7 Å². The van der Waals surface area contributed by atoms with Gasteiger partial charge in [0.1, 0.15) is 11.5 Å². The molecule has 3 nitrogen and oxygen atoms in total. The second-order valence-corrected chi connectivity index (χ2v) is 11.3. The van der Waals surface area contributed by atoms with Crippen molar-refractivity contribution in [1.29, 1.82) is 0 Å². The normalized spacial score (nSPS) is 18.4. The predicted octanol–water partition coefficient (Wildman–Crippen LogP) is 9.82. The summed E-state index contributed by atoms with van der Waals surface area (Å²) in [7, 11) is 0. The first kappa shape index (κ1) is 29.3. The highest BCUT2D eigenvalue weighted by atomic mass is 16.5. The molecule has 204 valence electrons. The summed E-state index contributed by atoms with van der Waals surface area (Å²) in [4.78, 5) is 12.6. The molecule has 37 heavy (non-hydrogen) atoms. The van der Waals surface area contributed by atoms with Gasteiger partial charge in [-0.2, -0.15) is 0 Å². The fourth-order valence-corrected chi connectivity index (χ4v) is 5.43. The number of rotatable bonds is 16. The van der Waals surface area contributed by atoms with Gasteiger partial charge in [-0.15, -0.1) is 0 Å². The summed E-state index contributed by atoms with van der Waals surface area (Å²) in [6.07, 6.45) is 18.4. The number of benzene rings is 2. The van der Waals surface area contributed by atoms with Crippen LogP contribution in [0.3, 0.4) is 0 Å². The molecule has 0 bridgehead atoms. The average Bonchev–Trinajstić information content (AvgIpc) is 2.93. The number of hydrogen-bond acceptors (Lipinski definition) is 3. The minimum absolute atomic E-state index is 0.330. The zero-order valence-electron chi connectivity index (χ0n) is 23.7. The van der Waals surface area contributed by atoms with E-state index in [0.29, 0.717) is 17.9 Å². The van der Waals surface area contributed by atoms with Crippen molar-refractivity contribution in [2.24, 2.45) is 17.8 Å². The van der Waals surface area contributed by atoms with Gasteiger partial charge in [0.25, 0.3) is 0 Å². The van der Waals surface area contributed by atoms with Gasteiger partial charge in [-0.05, 0) is 85.4 Å². The number of carbonyl (C=O) groups is 1. The van der Waals surface area contributed by atoms with Crippen LogP contribution in [-0.2, 0) is 6.42 Å². The third kappa shape index (κ3) is 10.9. The van der Waals surface area contributed by atoms with E-state index in [1.54, 1.807) is 12.1 Å². The van der Waals surface area contributed by atoms with E-state index in [2.05, 4.69) is 32.9 Å². The molecule has 0 N–H and O–H groups in total. The SMILES string of the molecule is CCCCCC1CCC(CCc2ccc(OC(=O)c3ccc(OCCCC[C@@H](C)CC)cc3)cc2)CC1. The summed E-state index contributed by atoms with van der Waals surface area (Å²) in [5.74, 6) is 3.71. The zero-order chi connectivity index (χ0) is 26.3. The van der Waals surface area contributed by atoms with Crippen LogP contribution in [0.4, 0.5) is 0 Å². The lowest BCUT2D eigenvalue weighted by Crippen LogP contribution is -2.15. The van der Waals surface area contributed by atoms with E-state index in [1.165, 1.54) is 82.6 Å². The van der Waals surface area contributed by atoms with Crippen LogP contribution in [0.25, 0.3) is 0 Å². The van der Waals surface area contributed by atoms with E-state index in [-0.39, 0.29) is 5.97 Å². The number of hydrogen-bond donors (Lipinski definition) is 0. The van der Waals surface area contributed by atoms with Gasteiger partial charge in [0.2, 0.25) is 0 Å². The largest absolute Gasteiger partial charge is 0.494 e. The first-order valence-corrected chi connectivity index (χ1v) is 15.1. The molecule has 0 heterocycles. The van der Waals surface area contributed by atoms with Crippen LogP contribution in [0.1, 0.15) is 120 Å². The number of esters is 1. The van der Waals surface area contributed by atoms with Gasteiger partial charge >= 0.3 is 5.97 Å². The summed E-state index contributed by atoms with van der Waals surface area (Å²) >= 11 is 0. The summed E-state index contributed by atoms with van der Waals surface area (Å²) in [5.41, 5.74) is 1.87. The molecule has 2 aromatic rings. The quantitative estimate of drug-likeness (QED) is 0.129. The molecule has 0 aromatic heterocycles. The highest BCUT2D eigenvalue weighted by Gasteiger charge is 2.20. The maximum atomic E-state index is 12.6. The second kappa shape index (κ2) is 16.5. The van der Waals surface area contributed by atoms with Crippen molar-refractivity contribution in [1.82, 2.24) is 0 Å². The Balaban J connectivity index is 1.34. The molecule has 0 amide bonds. The Morgan fingerprint density at radius 1 is 0.811 bits per heavy atom. The van der Waals surface area contributed by atoms with Crippen molar-refractivity contribution in [2.45, 2.75) is 111 Å². The second-order valence-electron chi connectivity index (χ2n) is 11.3. The lowest BCUT2D eigenvalue weighted by molar-refractivity contribution is 0.0734. The molecule has 2 aromatic carbocycles. The highest BCUT2D eigenvalue weighted by Crippen LogP contribution is 2.34. The van der Waals surface area contributed by atoms with Crippen molar-refractivity contribution in [2.75, 3.05) is 6.61 Å². The fraction of sp³-hybridized carbons (Fsp3) is 0.618. The van der Waals surface area contributed by atoms with Gasteiger partial charge in [0, 0.05) is 0 Å². The predicted molar refractivity (Wildman–Crippen MR) is 155 cm³/mol. The summed E-state index contributed by atoms with van der Waals surface area (Å²) in [5, 5.41) is 0. The zero-order valence-corrected chi connectivity index (χ0v) is 23.7. The van der Waals surface area contributed by atoms with Gasteiger partial charge in [0.05, 0.1) is 12.2 Å². The molecule has 1 atom stereocenters. The molecule has 3 rings (SSSR count). The standard InChI is InChI=1S/C34H50O3/c1-4-6-7-11-28-12-14-29(15-13-28)16-17-30-18-22-33(23-19-30)37-34(35)31-20-24-32(25-21-31)36-26-9-8-10-27(3)5-2/h18-25,27-29H,4-17,26H2,1-3H3/t27-,28?,29?/m0/s1. The molecule has 0 radical (unpaired) electrons. The van der Waals surface area contributed by atoms with Crippen molar-refractivity contribution < 1.29 is 14.3 Å². The molecule has 0 unspecified atom stereocenters. The lowest BCUT2D eigenvalue weighted by Gasteiger charge is -2.28. The van der Waals surface area contributed by atoms with Crippen LogP contribution in [-0.4, -0.2) is 12.6 Å². The minimum atomic E-state index is -0.330. The Hall–Kier alpha value is -2.29. The maximum absolute atomic E-state index is 12.6. The summed E-state index contributed by atoms with van der Waals surface area (Å²) < 4.78 is 11.4. The molecule has 1 fully saturated rings. The van der Waals surface area contributed by atoms with Crippen molar-refractivity contribution in [3.8, 4) is 11.5 Å². The van der Waals surface area contributed by atoms with Gasteiger partial charge in [-0.3, -0.25) is 0 Å². The minimum Gasteiger partial charge on any atom is -0.494 e. The molecule has 0 aliphatic heterocycles. The van der Waals surface area contributed by atoms with Crippen LogP contribution in [0.2, 0.25) is 0 Å². The van der Waals surface area contributed by atoms with Gasteiger partial charge in [0.15, 0.2) is 0 Å². The third-order valence-electron chi connectivity index (χ3n) is 8.30. The van der Waals surface area contributed by atoms with Gasteiger partial charge < -0.3 is 9.47 Å². The van der Waals surface area contributed by atoms with E-state index >= 15 is 0 Å². The van der Waals surface area contributed by atoms with Crippen LogP contribution in [0.15, 0.2) is 48.5 Å². The Bertz CT molecular complexity index is 878. The Morgan fingerprint density at radius 3 is 2.11 bits per heavy atom. The summed E-state index contributed by atoms with van der Waals surface area (Å²) in [6.45, 7) is 7.55. The van der Waals surface area contributed by atoms with Crippen LogP contribution >= 0.6 is 0 Å². The number of ether oxygens (including phenoxy) is 2. The van der Waals surface area contributed by atoms with E-state index < -0.39 is 0 Å². The maximum Gasteiger partial charge on any atom is 0.343 e. The molecule has 1 saturated carbocycles. The molecule has 0 saturated heterocycles. The highest BCUT2D eigenvalue weighted by molar-refractivity contribution is 5.91. The van der Waals surface area contributed by atoms with Crippen molar-refractivity contribution in [3.63, 3.8) is 0 Å². The first-order valence-electron chi connectivity index (χ1n) is 15.1. The molecular formula is C34H50O3. The lowest BCUT2D eigenvalue weighted by atomic mass is 9.78. The number of aryl methyl sites for hydroxylation is 1. The van der Waals surface area contributed by atoms with Crippen LogP contribution in [0.5, 0.6) is 11.5 Å². The van der Waals surface area contributed by atoms with E-state index in [9.17, 15) is 4.79 Å². The number of carbonyl (C=O) groups excluding carboxylic acids is 1. The molecule has 1 aliphatic carbocycles. The average molecular weight is 507 g/mol. The van der Waals surface area contributed by atoms with E-state index in [0.717, 1.165) is 36.3 Å². The first-order chi connectivity index (χ1) is 18.1. The van der Waals surface area contributed by atoms with Crippen molar-refractivity contribution >= 4 is 5.97 Å². The topological polar surface area (TPSA) is 35.5 Å². The molecular weight excluding hydrogens is 456 g/mol. The van der Waals surface area contributed by atoms with Gasteiger partial charge in [-0.25, -0.2) is 4.79 Å². The monoisotopic (exact) mass is 506 g/mol.